The topological polar surface area (TPSA) is 66.0 Å². The maximum Gasteiger partial charge on any atom is 0.272 e. The molecule has 1 saturated carbocycles. The lowest BCUT2D eigenvalue weighted by molar-refractivity contribution is -0.221. The van der Waals surface area contributed by atoms with Gasteiger partial charge in [0, 0.05) is 12.0 Å². The van der Waals surface area contributed by atoms with Crippen molar-refractivity contribution in [1.82, 2.24) is 5.32 Å². The molecular weight excluding hydrogens is 429 g/mol. The van der Waals surface area contributed by atoms with Gasteiger partial charge in [-0.1, -0.05) is 65.1 Å². The van der Waals surface area contributed by atoms with Crippen molar-refractivity contribution in [3.8, 4) is 0 Å². The minimum atomic E-state index is -1.99. The van der Waals surface area contributed by atoms with Crippen LogP contribution in [0.1, 0.15) is 25.8 Å². The zero-order valence-corrected chi connectivity index (χ0v) is 17.7. The van der Waals surface area contributed by atoms with Gasteiger partial charge in [0.1, 0.15) is 12.2 Å². The minimum absolute atomic E-state index is 0.0398. The minimum Gasteiger partial charge on any atom is -0.368 e. The molecule has 1 aliphatic carbocycles. The maximum absolute atomic E-state index is 11.9. The lowest BCUT2D eigenvalue weighted by Gasteiger charge is -2.26. The first-order chi connectivity index (χ1) is 13.1. The zero-order valence-electron chi connectivity index (χ0n) is 15.4. The van der Waals surface area contributed by atoms with Crippen molar-refractivity contribution in [2.75, 3.05) is 0 Å². The average molecular weight is 451 g/mol. The number of alkyl halides is 3. The van der Waals surface area contributed by atoms with Gasteiger partial charge in [-0.25, -0.2) is 0 Å². The van der Waals surface area contributed by atoms with Crippen LogP contribution in [0.2, 0.25) is 0 Å². The number of amides is 1. The van der Waals surface area contributed by atoms with Crippen LogP contribution in [0.15, 0.2) is 30.3 Å². The molecule has 4 rings (SSSR count). The number of halogens is 3. The fourth-order valence-corrected chi connectivity index (χ4v) is 3.96. The number of benzene rings is 1. The quantitative estimate of drug-likeness (QED) is 0.697. The van der Waals surface area contributed by atoms with Gasteiger partial charge in [-0.3, -0.25) is 4.79 Å². The molecule has 9 heteroatoms. The molecule has 0 radical (unpaired) electrons. The van der Waals surface area contributed by atoms with E-state index in [0.29, 0.717) is 13.0 Å². The Kier molecular flexibility index (Phi) is 5.59. The second kappa shape index (κ2) is 7.58. The molecule has 6 atom stereocenters. The molecule has 1 aromatic carbocycles. The lowest BCUT2D eigenvalue weighted by atomic mass is 10.1. The number of hydrogen-bond acceptors (Lipinski definition) is 5. The van der Waals surface area contributed by atoms with E-state index >= 15 is 0 Å². The summed E-state index contributed by atoms with van der Waals surface area (Å²) in [5.74, 6) is -1.34. The summed E-state index contributed by atoms with van der Waals surface area (Å²) in [6.45, 7) is 4.12. The third-order valence-electron chi connectivity index (χ3n) is 5.15. The van der Waals surface area contributed by atoms with Gasteiger partial charge < -0.3 is 24.3 Å². The summed E-state index contributed by atoms with van der Waals surface area (Å²) in [4.78, 5) is 11.9. The SMILES string of the molecule is CC1(C)O[C@H]2O[C@H]([C@H]3C[C@H]3NC(=O)C(Cl)(Cl)Cl)[C@H](OCc3ccccc3)[C@H]2O1. The van der Waals surface area contributed by atoms with Crippen LogP contribution in [0.4, 0.5) is 0 Å². The molecule has 0 bridgehead atoms. The van der Waals surface area contributed by atoms with Crippen LogP contribution in [0.3, 0.4) is 0 Å². The number of fused-ring (bicyclic) bond motifs is 1. The first kappa shape index (κ1) is 20.7. The number of carbonyl (C=O) groups is 1. The van der Waals surface area contributed by atoms with Gasteiger partial charge in [0.2, 0.25) is 0 Å². The number of ether oxygens (including phenoxy) is 4. The summed E-state index contributed by atoms with van der Waals surface area (Å²) in [6.07, 6.45) is -0.743. The zero-order chi connectivity index (χ0) is 20.1. The summed E-state index contributed by atoms with van der Waals surface area (Å²) < 4.78 is 22.2. The molecule has 28 heavy (non-hydrogen) atoms. The van der Waals surface area contributed by atoms with Gasteiger partial charge in [0.05, 0.1) is 12.7 Å². The predicted octanol–water partition coefficient (Wildman–Crippen LogP) is 3.32. The molecule has 1 N–H and O–H groups in total. The van der Waals surface area contributed by atoms with Gasteiger partial charge in [-0.15, -0.1) is 0 Å². The first-order valence-corrected chi connectivity index (χ1v) is 10.3. The van der Waals surface area contributed by atoms with Gasteiger partial charge in [0.15, 0.2) is 12.1 Å². The Bertz CT molecular complexity index is 726. The van der Waals surface area contributed by atoms with Crippen LogP contribution >= 0.6 is 34.8 Å². The summed E-state index contributed by atoms with van der Waals surface area (Å²) >= 11 is 16.9. The monoisotopic (exact) mass is 449 g/mol. The highest BCUT2D eigenvalue weighted by molar-refractivity contribution is 6.76. The number of carbonyl (C=O) groups excluding carboxylic acids is 1. The summed E-state index contributed by atoms with van der Waals surface area (Å²) in [5, 5.41) is 2.75. The molecule has 2 saturated heterocycles. The smallest absolute Gasteiger partial charge is 0.272 e. The van der Waals surface area contributed by atoms with Gasteiger partial charge in [-0.2, -0.15) is 0 Å². The van der Waals surface area contributed by atoms with E-state index in [1.165, 1.54) is 0 Å². The Balaban J connectivity index is 1.43. The van der Waals surface area contributed by atoms with Crippen molar-refractivity contribution in [3.63, 3.8) is 0 Å². The van der Waals surface area contributed by atoms with Crippen molar-refractivity contribution < 1.29 is 23.7 Å². The fourth-order valence-electron chi connectivity index (χ4n) is 3.80. The van der Waals surface area contributed by atoms with E-state index < -0.39 is 21.8 Å². The Morgan fingerprint density at radius 1 is 1.21 bits per heavy atom. The maximum atomic E-state index is 11.9. The van der Waals surface area contributed by atoms with E-state index in [0.717, 1.165) is 5.56 Å². The number of hydrogen-bond donors (Lipinski definition) is 1. The number of nitrogens with one attached hydrogen (secondary N) is 1. The van der Waals surface area contributed by atoms with Crippen molar-refractivity contribution in [1.29, 1.82) is 0 Å². The molecule has 1 aromatic rings. The third kappa shape index (κ3) is 4.43. The molecule has 154 valence electrons. The van der Waals surface area contributed by atoms with E-state index in [9.17, 15) is 4.79 Å². The van der Waals surface area contributed by atoms with Crippen LogP contribution in [-0.4, -0.2) is 46.1 Å². The van der Waals surface area contributed by atoms with Crippen molar-refractivity contribution >= 4 is 40.7 Å². The molecule has 0 unspecified atom stereocenters. The molecule has 6 nitrogen and oxygen atoms in total. The Morgan fingerprint density at radius 3 is 2.61 bits per heavy atom. The van der Waals surface area contributed by atoms with Crippen molar-refractivity contribution in [2.24, 2.45) is 5.92 Å². The van der Waals surface area contributed by atoms with Crippen LogP contribution in [0, 0.1) is 5.92 Å². The molecule has 3 aliphatic rings. The van der Waals surface area contributed by atoms with Gasteiger partial charge in [-0.05, 0) is 25.8 Å². The highest BCUT2D eigenvalue weighted by Gasteiger charge is 2.61. The lowest BCUT2D eigenvalue weighted by Crippen LogP contribution is -2.41. The second-order valence-corrected chi connectivity index (χ2v) is 10.1. The molecular formula is C19H22Cl3NO5. The van der Waals surface area contributed by atoms with Crippen LogP contribution < -0.4 is 5.32 Å². The van der Waals surface area contributed by atoms with E-state index in [1.54, 1.807) is 0 Å². The largest absolute Gasteiger partial charge is 0.368 e. The average Bonchev–Trinajstić information content (AvgIpc) is 3.19. The van der Waals surface area contributed by atoms with Crippen molar-refractivity contribution in [2.45, 2.75) is 67.1 Å². The second-order valence-electron chi connectivity index (χ2n) is 7.81. The fraction of sp³-hybridized carbons (Fsp3) is 0.632. The highest BCUT2D eigenvalue weighted by atomic mass is 35.6. The third-order valence-corrected chi connectivity index (χ3v) is 5.66. The van der Waals surface area contributed by atoms with E-state index in [2.05, 4.69) is 5.32 Å². The Morgan fingerprint density at radius 2 is 1.93 bits per heavy atom. The Labute approximate surface area is 178 Å². The molecule has 3 fully saturated rings. The van der Waals surface area contributed by atoms with Crippen LogP contribution in [0.25, 0.3) is 0 Å². The van der Waals surface area contributed by atoms with Crippen molar-refractivity contribution in [3.05, 3.63) is 35.9 Å². The molecule has 0 spiro atoms. The molecule has 2 aliphatic heterocycles. The van der Waals surface area contributed by atoms with Crippen LogP contribution in [0.5, 0.6) is 0 Å². The molecule has 0 aromatic heterocycles. The number of rotatable bonds is 5. The van der Waals surface area contributed by atoms with Gasteiger partial charge in [0.25, 0.3) is 9.70 Å². The summed E-state index contributed by atoms with van der Waals surface area (Å²) in [6, 6.07) is 9.75. The Hall–Kier alpha value is -0.600. The van der Waals surface area contributed by atoms with Gasteiger partial charge >= 0.3 is 0 Å². The normalized spacial score (nSPS) is 36.2. The highest BCUT2D eigenvalue weighted by Crippen LogP contribution is 2.47. The van der Waals surface area contributed by atoms with Crippen LogP contribution in [-0.2, 0) is 30.3 Å². The van der Waals surface area contributed by atoms with E-state index in [-0.39, 0.29) is 30.3 Å². The first-order valence-electron chi connectivity index (χ1n) is 9.18. The molecule has 2 heterocycles. The predicted molar refractivity (Wildman–Crippen MR) is 104 cm³/mol. The van der Waals surface area contributed by atoms with E-state index in [1.807, 2.05) is 44.2 Å². The summed E-state index contributed by atoms with van der Waals surface area (Å²) in [5.41, 5.74) is 1.06. The standard InChI is InChI=1S/C19H22Cl3NO5/c1-18(2)27-15-14(25-9-10-6-4-3-5-7-10)13(26-16(15)28-18)11-8-12(11)23-17(24)19(20,21)22/h3-7,11-16H,8-9H2,1-2H3,(H,23,24)/t11-,12+,13+,14-,15+,16+/m0/s1. The summed E-state index contributed by atoms with van der Waals surface area (Å²) in [7, 11) is 0. The van der Waals surface area contributed by atoms with E-state index in [4.69, 9.17) is 53.8 Å². The molecule has 1 amide bonds.